The third kappa shape index (κ3) is 10.0. The van der Waals surface area contributed by atoms with Crippen molar-refractivity contribution in [3.8, 4) is 0 Å². The number of hydrogen-bond acceptors (Lipinski definition) is 1. The Labute approximate surface area is 79.1 Å². The predicted octanol–water partition coefficient (Wildman–Crippen LogP) is 0.865. The van der Waals surface area contributed by atoms with Crippen molar-refractivity contribution in [1.29, 1.82) is 0 Å². The van der Waals surface area contributed by atoms with Crippen molar-refractivity contribution in [2.75, 3.05) is 5.33 Å². The second kappa shape index (κ2) is 7.95. The summed E-state index contributed by atoms with van der Waals surface area (Å²) in [5.74, 6) is -0.723. The fraction of sp³-hybridized carbons (Fsp3) is 0.750. The molecule has 0 spiro atoms. The molecule has 0 aliphatic rings. The summed E-state index contributed by atoms with van der Waals surface area (Å²) in [6, 6.07) is 0. The summed E-state index contributed by atoms with van der Waals surface area (Å²) in [6.07, 6.45) is 0.987. The molecular formula is C4H7BrNaO2. The predicted molar refractivity (Wildman–Crippen MR) is 36.4 cm³/mol. The molecule has 0 aliphatic carbocycles. The van der Waals surface area contributed by atoms with Gasteiger partial charge in [-0.05, 0) is 6.42 Å². The van der Waals surface area contributed by atoms with E-state index in [9.17, 15) is 4.79 Å². The molecule has 0 aromatic carbocycles. The number of aliphatic carboxylic acids is 1. The zero-order chi connectivity index (χ0) is 5.70. The Morgan fingerprint density at radius 3 is 2.25 bits per heavy atom. The summed E-state index contributed by atoms with van der Waals surface area (Å²) in [4.78, 5) is 9.74. The van der Waals surface area contributed by atoms with Crippen LogP contribution in [0.4, 0.5) is 0 Å². The summed E-state index contributed by atoms with van der Waals surface area (Å²) >= 11 is 3.11. The molecule has 43 valence electrons. The van der Waals surface area contributed by atoms with E-state index in [4.69, 9.17) is 5.11 Å². The first-order chi connectivity index (χ1) is 3.27. The molecule has 1 radical (unpaired) electrons. The van der Waals surface area contributed by atoms with Gasteiger partial charge in [0.25, 0.3) is 0 Å². The van der Waals surface area contributed by atoms with Crippen molar-refractivity contribution in [2.24, 2.45) is 0 Å². The van der Waals surface area contributed by atoms with Gasteiger partial charge in [-0.3, -0.25) is 4.79 Å². The van der Waals surface area contributed by atoms with Gasteiger partial charge in [-0.1, -0.05) is 15.9 Å². The Hall–Kier alpha value is 0.950. The largest absolute Gasteiger partial charge is 0.481 e. The summed E-state index contributed by atoms with van der Waals surface area (Å²) in [6.45, 7) is 0. The molecule has 8 heavy (non-hydrogen) atoms. The average Bonchev–Trinajstić information content (AvgIpc) is 1.61. The van der Waals surface area contributed by atoms with Crippen molar-refractivity contribution >= 4 is 51.5 Å². The van der Waals surface area contributed by atoms with Gasteiger partial charge < -0.3 is 5.11 Å². The second-order valence-corrected chi connectivity index (χ2v) is 1.98. The minimum atomic E-state index is -0.723. The smallest absolute Gasteiger partial charge is 0.303 e. The molecule has 1 N–H and O–H groups in total. The maximum absolute atomic E-state index is 9.74. The van der Waals surface area contributed by atoms with Gasteiger partial charge in [-0.15, -0.1) is 0 Å². The topological polar surface area (TPSA) is 37.3 Å². The van der Waals surface area contributed by atoms with Gasteiger partial charge in [0.05, 0.1) is 0 Å². The first-order valence-electron chi connectivity index (χ1n) is 2.05. The maximum atomic E-state index is 9.74. The Morgan fingerprint density at radius 1 is 1.62 bits per heavy atom. The monoisotopic (exact) mass is 189 g/mol. The van der Waals surface area contributed by atoms with Crippen LogP contribution in [0.3, 0.4) is 0 Å². The second-order valence-electron chi connectivity index (χ2n) is 1.19. The molecule has 0 rings (SSSR count). The van der Waals surface area contributed by atoms with Crippen molar-refractivity contribution in [3.63, 3.8) is 0 Å². The Balaban J connectivity index is 0. The van der Waals surface area contributed by atoms with Gasteiger partial charge in [-0.25, -0.2) is 0 Å². The van der Waals surface area contributed by atoms with Crippen molar-refractivity contribution in [3.05, 3.63) is 0 Å². The van der Waals surface area contributed by atoms with E-state index in [1.54, 1.807) is 0 Å². The molecule has 0 aromatic rings. The first kappa shape index (κ1) is 11.7. The molecule has 0 bridgehead atoms. The van der Waals surface area contributed by atoms with E-state index < -0.39 is 5.97 Å². The van der Waals surface area contributed by atoms with E-state index in [2.05, 4.69) is 15.9 Å². The molecule has 0 unspecified atom stereocenters. The van der Waals surface area contributed by atoms with Crippen LogP contribution in [0.1, 0.15) is 12.8 Å². The molecule has 0 saturated carbocycles. The minimum absolute atomic E-state index is 0. The van der Waals surface area contributed by atoms with Gasteiger partial charge in [0, 0.05) is 41.3 Å². The quantitative estimate of drug-likeness (QED) is 0.529. The molecule has 4 heteroatoms. The van der Waals surface area contributed by atoms with Crippen LogP contribution in [-0.4, -0.2) is 46.0 Å². The number of carboxylic acids is 1. The van der Waals surface area contributed by atoms with Crippen molar-refractivity contribution < 1.29 is 9.90 Å². The zero-order valence-corrected chi connectivity index (χ0v) is 8.44. The average molecular weight is 190 g/mol. The van der Waals surface area contributed by atoms with Gasteiger partial charge in [0.15, 0.2) is 0 Å². The van der Waals surface area contributed by atoms with E-state index in [0.29, 0.717) is 0 Å². The van der Waals surface area contributed by atoms with E-state index >= 15 is 0 Å². The van der Waals surface area contributed by atoms with Gasteiger partial charge in [0.2, 0.25) is 0 Å². The van der Waals surface area contributed by atoms with E-state index in [1.807, 2.05) is 0 Å². The van der Waals surface area contributed by atoms with E-state index in [0.717, 1.165) is 11.8 Å². The summed E-state index contributed by atoms with van der Waals surface area (Å²) < 4.78 is 0. The summed E-state index contributed by atoms with van der Waals surface area (Å²) in [7, 11) is 0. The number of carboxylic acid groups (broad SMARTS) is 1. The van der Waals surface area contributed by atoms with Gasteiger partial charge in [-0.2, -0.15) is 0 Å². The van der Waals surface area contributed by atoms with Crippen LogP contribution >= 0.6 is 15.9 Å². The standard InChI is InChI=1S/C4H7BrO2.Na/c5-3-1-2-4(6)7;/h1-3H2,(H,6,7);. The van der Waals surface area contributed by atoms with Crippen LogP contribution in [0.5, 0.6) is 0 Å². The molecule has 0 aliphatic heterocycles. The van der Waals surface area contributed by atoms with Crippen molar-refractivity contribution in [2.45, 2.75) is 12.8 Å². The van der Waals surface area contributed by atoms with Gasteiger partial charge in [0.1, 0.15) is 0 Å². The number of rotatable bonds is 3. The van der Waals surface area contributed by atoms with Crippen LogP contribution in [0, 0.1) is 0 Å². The van der Waals surface area contributed by atoms with Gasteiger partial charge >= 0.3 is 5.97 Å². The SMILES string of the molecule is O=C(O)CCCBr.[Na]. The molecule has 0 fully saturated rings. The number of carbonyl (C=O) groups is 1. The molecule has 0 aromatic heterocycles. The number of hydrogen-bond donors (Lipinski definition) is 1. The third-order valence-corrected chi connectivity index (χ3v) is 1.09. The van der Waals surface area contributed by atoms with Crippen LogP contribution in [0.25, 0.3) is 0 Å². The zero-order valence-electron chi connectivity index (χ0n) is 4.85. The molecule has 2 nitrogen and oxygen atoms in total. The molecule has 0 saturated heterocycles. The molecular weight excluding hydrogens is 183 g/mol. The Morgan fingerprint density at radius 2 is 2.12 bits per heavy atom. The van der Waals surface area contributed by atoms with Crippen LogP contribution in [-0.2, 0) is 4.79 Å². The number of alkyl halides is 1. The van der Waals surface area contributed by atoms with Crippen LogP contribution < -0.4 is 0 Å². The molecule has 0 amide bonds. The molecule has 0 atom stereocenters. The number of halogens is 1. The molecule has 0 heterocycles. The van der Waals surface area contributed by atoms with Crippen molar-refractivity contribution in [1.82, 2.24) is 0 Å². The van der Waals surface area contributed by atoms with E-state index in [1.165, 1.54) is 0 Å². The van der Waals surface area contributed by atoms with Crippen LogP contribution in [0.2, 0.25) is 0 Å². The van der Waals surface area contributed by atoms with E-state index in [-0.39, 0.29) is 36.0 Å². The Kier molecular flexibility index (Phi) is 11.6. The summed E-state index contributed by atoms with van der Waals surface area (Å²) in [5, 5.41) is 8.80. The normalized spacial score (nSPS) is 7.62. The Bertz CT molecular complexity index is 67.1. The summed E-state index contributed by atoms with van der Waals surface area (Å²) in [5.41, 5.74) is 0. The first-order valence-corrected chi connectivity index (χ1v) is 3.17. The minimum Gasteiger partial charge on any atom is -0.481 e. The van der Waals surface area contributed by atoms with Crippen LogP contribution in [0.15, 0.2) is 0 Å². The fourth-order valence-corrected chi connectivity index (χ4v) is 0.498. The maximum Gasteiger partial charge on any atom is 0.303 e. The fourth-order valence-electron chi connectivity index (χ4n) is 0.218. The third-order valence-electron chi connectivity index (χ3n) is 0.524.